The minimum Gasteiger partial charge on any atom is -0.273 e. The van der Waals surface area contributed by atoms with E-state index < -0.39 is 9.84 Å². The summed E-state index contributed by atoms with van der Waals surface area (Å²) in [4.78, 5) is 24.3. The van der Waals surface area contributed by atoms with Gasteiger partial charge in [-0.3, -0.25) is 20.4 Å². The number of rotatable bonds is 5. The maximum atomic E-state index is 12.4. The van der Waals surface area contributed by atoms with E-state index in [2.05, 4.69) is 10.9 Å². The van der Waals surface area contributed by atoms with Crippen LogP contribution in [-0.4, -0.2) is 42.7 Å². The van der Waals surface area contributed by atoms with Gasteiger partial charge in [-0.05, 0) is 68.1 Å². The van der Waals surface area contributed by atoms with Crippen molar-refractivity contribution in [1.82, 2.24) is 10.9 Å². The smallest absolute Gasteiger partial charge is 0.248 e. The largest absolute Gasteiger partial charge is 0.273 e. The second-order valence-corrected chi connectivity index (χ2v) is 12.5. The van der Waals surface area contributed by atoms with Crippen molar-refractivity contribution in [3.63, 3.8) is 0 Å². The first-order chi connectivity index (χ1) is 12.3. The van der Waals surface area contributed by atoms with E-state index >= 15 is 0 Å². The molecule has 0 aromatic rings. The lowest BCUT2D eigenvalue weighted by Crippen LogP contribution is -2.50. The molecule has 2 amide bonds. The van der Waals surface area contributed by atoms with Crippen molar-refractivity contribution in [3.05, 3.63) is 0 Å². The van der Waals surface area contributed by atoms with Gasteiger partial charge in [0.2, 0.25) is 11.8 Å². The van der Waals surface area contributed by atoms with Crippen LogP contribution in [0.15, 0.2) is 0 Å². The monoisotopic (exact) mass is 400 g/mol. The molecule has 0 spiro atoms. The fourth-order valence-corrected chi connectivity index (χ4v) is 9.60. The standard InChI is InChI=1S/C18H28N2O4S2/c21-16(9-18-6-12-3-13(7-18)5-14(4-12)8-18)19-20-17(22)10-25-15-1-2-26(23,24)11-15/h12-15H,1-11H2,(H,19,21)(H,20,22)/t12?,13?,14?,15-,18?/m0/s1. The Bertz CT molecular complexity index is 656. The highest BCUT2D eigenvalue weighted by Crippen LogP contribution is 2.61. The predicted octanol–water partition coefficient (Wildman–Crippen LogP) is 1.66. The van der Waals surface area contributed by atoms with Crippen LogP contribution >= 0.6 is 11.8 Å². The van der Waals surface area contributed by atoms with Gasteiger partial charge in [-0.15, -0.1) is 11.8 Å². The summed E-state index contributed by atoms with van der Waals surface area (Å²) < 4.78 is 22.9. The zero-order valence-electron chi connectivity index (χ0n) is 15.0. The summed E-state index contributed by atoms with van der Waals surface area (Å²) in [5, 5.41) is -0.00604. The number of hydrogen-bond acceptors (Lipinski definition) is 5. The summed E-state index contributed by atoms with van der Waals surface area (Å²) in [5.74, 6) is 2.62. The first-order valence-corrected chi connectivity index (χ1v) is 12.6. The Morgan fingerprint density at radius 1 is 0.962 bits per heavy atom. The van der Waals surface area contributed by atoms with E-state index in [0.717, 1.165) is 17.8 Å². The van der Waals surface area contributed by atoms with Crippen molar-refractivity contribution < 1.29 is 18.0 Å². The lowest BCUT2D eigenvalue weighted by molar-refractivity contribution is -0.133. The number of amides is 2. The topological polar surface area (TPSA) is 92.3 Å². The minimum atomic E-state index is -2.92. The van der Waals surface area contributed by atoms with Crippen LogP contribution in [-0.2, 0) is 19.4 Å². The zero-order chi connectivity index (χ0) is 18.4. The Morgan fingerprint density at radius 3 is 2.08 bits per heavy atom. The minimum absolute atomic E-state index is 0.00604. The molecule has 1 saturated heterocycles. The Morgan fingerprint density at radius 2 is 1.54 bits per heavy atom. The fourth-order valence-electron chi connectivity index (χ4n) is 6.15. The first kappa shape index (κ1) is 18.6. The number of carbonyl (C=O) groups excluding carboxylic acids is 2. The molecule has 5 rings (SSSR count). The Labute approximate surface area is 159 Å². The number of thioether (sulfide) groups is 1. The van der Waals surface area contributed by atoms with E-state index in [9.17, 15) is 18.0 Å². The van der Waals surface area contributed by atoms with Gasteiger partial charge in [0.25, 0.3) is 0 Å². The van der Waals surface area contributed by atoms with Crippen LogP contribution in [0.5, 0.6) is 0 Å². The molecule has 8 heteroatoms. The third-order valence-electron chi connectivity index (χ3n) is 6.68. The highest BCUT2D eigenvalue weighted by atomic mass is 32.2. The molecule has 0 unspecified atom stereocenters. The molecule has 0 aromatic heterocycles. The van der Waals surface area contributed by atoms with E-state index in [4.69, 9.17) is 0 Å². The van der Waals surface area contributed by atoms with Crippen molar-refractivity contribution in [2.75, 3.05) is 17.3 Å². The maximum absolute atomic E-state index is 12.4. The molecular formula is C18H28N2O4S2. The lowest BCUT2D eigenvalue weighted by Gasteiger charge is -2.56. The molecule has 5 aliphatic rings. The molecule has 1 heterocycles. The normalized spacial score (nSPS) is 39.7. The number of hydrogen-bond donors (Lipinski definition) is 2. The second kappa shape index (κ2) is 7.00. The predicted molar refractivity (Wildman–Crippen MR) is 101 cm³/mol. The van der Waals surface area contributed by atoms with Gasteiger partial charge in [0, 0.05) is 11.7 Å². The van der Waals surface area contributed by atoms with Gasteiger partial charge in [0.05, 0.1) is 17.3 Å². The van der Waals surface area contributed by atoms with Crippen LogP contribution in [0, 0.1) is 23.2 Å². The van der Waals surface area contributed by atoms with Crippen LogP contribution in [0.25, 0.3) is 0 Å². The molecule has 146 valence electrons. The highest BCUT2D eigenvalue weighted by molar-refractivity contribution is 8.02. The van der Waals surface area contributed by atoms with Gasteiger partial charge in [0.1, 0.15) is 0 Å². The maximum Gasteiger partial charge on any atom is 0.248 e. The summed E-state index contributed by atoms with van der Waals surface area (Å²) in [6.45, 7) is 0. The molecule has 4 aliphatic carbocycles. The molecule has 4 saturated carbocycles. The number of hydrazine groups is 1. The molecule has 2 N–H and O–H groups in total. The van der Waals surface area contributed by atoms with Gasteiger partial charge >= 0.3 is 0 Å². The summed E-state index contributed by atoms with van der Waals surface area (Å²) in [6, 6.07) is 0. The Balaban J connectivity index is 1.19. The van der Waals surface area contributed by atoms with Crippen LogP contribution in [0.4, 0.5) is 0 Å². The average Bonchev–Trinajstić information content (AvgIpc) is 2.88. The fraction of sp³-hybridized carbons (Fsp3) is 0.889. The van der Waals surface area contributed by atoms with Crippen molar-refractivity contribution >= 4 is 33.4 Å². The summed E-state index contributed by atoms with van der Waals surface area (Å²) in [6.07, 6.45) is 8.71. The van der Waals surface area contributed by atoms with Crippen LogP contribution < -0.4 is 10.9 Å². The summed E-state index contributed by atoms with van der Waals surface area (Å²) >= 11 is 1.36. The molecule has 1 aliphatic heterocycles. The Kier molecular flexibility index (Phi) is 5.01. The van der Waals surface area contributed by atoms with E-state index in [1.54, 1.807) is 0 Å². The molecule has 1 atom stereocenters. The van der Waals surface area contributed by atoms with E-state index in [1.807, 2.05) is 0 Å². The third-order valence-corrected chi connectivity index (χ3v) is 9.96. The van der Waals surface area contributed by atoms with Gasteiger partial charge in [-0.1, -0.05) is 0 Å². The van der Waals surface area contributed by atoms with Crippen molar-refractivity contribution in [2.45, 2.75) is 56.6 Å². The van der Waals surface area contributed by atoms with Gasteiger partial charge in [0.15, 0.2) is 9.84 Å². The van der Waals surface area contributed by atoms with E-state index in [-0.39, 0.29) is 39.7 Å². The third kappa shape index (κ3) is 4.21. The molecule has 6 nitrogen and oxygen atoms in total. The number of carbonyl (C=O) groups is 2. The van der Waals surface area contributed by atoms with Gasteiger partial charge < -0.3 is 0 Å². The SMILES string of the molecule is O=C(CS[C@H]1CCS(=O)(=O)C1)NNC(=O)CC12CC3CC(CC(C3)C1)C2. The van der Waals surface area contributed by atoms with Crippen LogP contribution in [0.1, 0.15) is 51.4 Å². The number of sulfone groups is 1. The Hall–Kier alpha value is -0.760. The van der Waals surface area contributed by atoms with Crippen LogP contribution in [0.3, 0.4) is 0 Å². The average molecular weight is 401 g/mol. The van der Waals surface area contributed by atoms with Crippen molar-refractivity contribution in [2.24, 2.45) is 23.2 Å². The summed E-state index contributed by atoms with van der Waals surface area (Å²) in [7, 11) is -2.92. The van der Waals surface area contributed by atoms with E-state index in [0.29, 0.717) is 12.8 Å². The zero-order valence-corrected chi connectivity index (χ0v) is 16.7. The molecular weight excluding hydrogens is 372 g/mol. The van der Waals surface area contributed by atoms with Gasteiger partial charge in [-0.25, -0.2) is 8.42 Å². The molecule has 0 aromatic carbocycles. The van der Waals surface area contributed by atoms with Crippen LogP contribution in [0.2, 0.25) is 0 Å². The second-order valence-electron chi connectivity index (χ2n) is 9.03. The van der Waals surface area contributed by atoms with E-state index in [1.165, 1.54) is 50.3 Å². The molecule has 0 radical (unpaired) electrons. The molecule has 26 heavy (non-hydrogen) atoms. The highest BCUT2D eigenvalue weighted by Gasteiger charge is 2.51. The van der Waals surface area contributed by atoms with Crippen molar-refractivity contribution in [1.29, 1.82) is 0 Å². The molecule has 4 bridgehead atoms. The number of nitrogens with one attached hydrogen (secondary N) is 2. The summed E-state index contributed by atoms with van der Waals surface area (Å²) in [5.41, 5.74) is 5.24. The first-order valence-electron chi connectivity index (χ1n) is 9.71. The van der Waals surface area contributed by atoms with Gasteiger partial charge in [-0.2, -0.15) is 0 Å². The quantitative estimate of drug-likeness (QED) is 0.685. The molecule has 5 fully saturated rings. The lowest BCUT2D eigenvalue weighted by atomic mass is 9.49. The van der Waals surface area contributed by atoms with Crippen molar-refractivity contribution in [3.8, 4) is 0 Å².